The first-order valence-electron chi connectivity index (χ1n) is 10.6. The highest BCUT2D eigenvalue weighted by atomic mass is 32.1. The number of carbonyl (C=O) groups excluding carboxylic acids is 1. The van der Waals surface area contributed by atoms with Gasteiger partial charge in [0.15, 0.2) is 6.61 Å². The van der Waals surface area contributed by atoms with Gasteiger partial charge in [-0.05, 0) is 42.3 Å². The minimum absolute atomic E-state index is 0.0809. The summed E-state index contributed by atoms with van der Waals surface area (Å²) in [5.74, 6) is 1.43. The van der Waals surface area contributed by atoms with Crippen molar-refractivity contribution in [3.05, 3.63) is 81.7 Å². The molecule has 0 bridgehead atoms. The van der Waals surface area contributed by atoms with Gasteiger partial charge in [-0.2, -0.15) is 9.61 Å². The number of para-hydroxylation sites is 1. The van der Waals surface area contributed by atoms with Crippen LogP contribution >= 0.6 is 11.3 Å². The number of hydrogen-bond donors (Lipinski definition) is 1. The van der Waals surface area contributed by atoms with Crippen molar-refractivity contribution >= 4 is 27.9 Å². The highest BCUT2D eigenvalue weighted by Crippen LogP contribution is 2.18. The largest absolute Gasteiger partial charge is 0.487 e. The van der Waals surface area contributed by atoms with Crippen LogP contribution in [0.25, 0.3) is 4.96 Å². The topological polar surface area (TPSA) is 94.8 Å². The van der Waals surface area contributed by atoms with E-state index in [0.29, 0.717) is 33.8 Å². The van der Waals surface area contributed by atoms with Gasteiger partial charge >= 0.3 is 0 Å². The van der Waals surface area contributed by atoms with Crippen LogP contribution in [0.2, 0.25) is 0 Å². The molecule has 1 N–H and O–H groups in total. The molecule has 0 aliphatic heterocycles. The van der Waals surface area contributed by atoms with Gasteiger partial charge < -0.3 is 14.8 Å². The van der Waals surface area contributed by atoms with Gasteiger partial charge in [0.25, 0.3) is 11.5 Å². The first-order valence-corrected chi connectivity index (χ1v) is 11.4. The third-order valence-corrected chi connectivity index (χ3v) is 5.49. The average molecular weight is 465 g/mol. The lowest BCUT2D eigenvalue weighted by atomic mass is 10.1. The molecule has 0 unspecified atom stereocenters. The van der Waals surface area contributed by atoms with E-state index in [1.54, 1.807) is 36.4 Å². The number of anilines is 1. The van der Waals surface area contributed by atoms with E-state index in [-0.39, 0.29) is 24.7 Å². The molecular weight excluding hydrogens is 440 g/mol. The normalized spacial score (nSPS) is 11.0. The lowest BCUT2D eigenvalue weighted by molar-refractivity contribution is -0.118. The van der Waals surface area contributed by atoms with Crippen LogP contribution in [-0.2, 0) is 17.8 Å². The third kappa shape index (κ3) is 6.17. The first kappa shape index (κ1) is 22.5. The van der Waals surface area contributed by atoms with Crippen molar-refractivity contribution in [2.75, 3.05) is 11.9 Å². The summed E-state index contributed by atoms with van der Waals surface area (Å²) >= 11 is 1.42. The van der Waals surface area contributed by atoms with E-state index in [2.05, 4.69) is 29.2 Å². The number of aromatic nitrogens is 3. The van der Waals surface area contributed by atoms with Gasteiger partial charge in [0.2, 0.25) is 4.96 Å². The van der Waals surface area contributed by atoms with Crippen molar-refractivity contribution in [1.29, 1.82) is 0 Å². The lowest BCUT2D eigenvalue weighted by Crippen LogP contribution is -2.20. The quantitative estimate of drug-likeness (QED) is 0.403. The van der Waals surface area contributed by atoms with Gasteiger partial charge in [-0.25, -0.2) is 4.98 Å². The van der Waals surface area contributed by atoms with Crippen molar-refractivity contribution in [2.45, 2.75) is 26.9 Å². The molecule has 0 radical (unpaired) electrons. The second-order valence-electron chi connectivity index (χ2n) is 7.84. The second kappa shape index (κ2) is 10.3. The van der Waals surface area contributed by atoms with E-state index in [9.17, 15) is 9.59 Å². The Hall–Kier alpha value is -3.72. The summed E-state index contributed by atoms with van der Waals surface area (Å²) in [5.41, 5.74) is 0.944. The number of rotatable bonds is 9. The summed E-state index contributed by atoms with van der Waals surface area (Å²) < 4.78 is 12.5. The molecule has 4 aromatic rings. The molecule has 2 aromatic carbocycles. The maximum absolute atomic E-state index is 12.4. The molecule has 0 saturated carbocycles. The van der Waals surface area contributed by atoms with Gasteiger partial charge in [0, 0.05) is 18.2 Å². The van der Waals surface area contributed by atoms with Crippen molar-refractivity contribution in [2.24, 2.45) is 5.92 Å². The Kier molecular flexibility index (Phi) is 6.99. The molecule has 9 heteroatoms. The van der Waals surface area contributed by atoms with Gasteiger partial charge in [-0.3, -0.25) is 9.59 Å². The summed E-state index contributed by atoms with van der Waals surface area (Å²) in [6.45, 7) is 4.29. The SMILES string of the molecule is CC(C)Cc1nn2c(=O)cc(COc3ccc(NC(=O)COc4ccccc4)cc3)nc2s1. The number of nitrogens with one attached hydrogen (secondary N) is 1. The summed E-state index contributed by atoms with van der Waals surface area (Å²) in [7, 11) is 0. The van der Waals surface area contributed by atoms with Crippen molar-refractivity contribution in [3.63, 3.8) is 0 Å². The molecule has 0 aliphatic carbocycles. The number of ether oxygens (including phenoxy) is 2. The van der Waals surface area contributed by atoms with E-state index in [4.69, 9.17) is 9.47 Å². The zero-order valence-corrected chi connectivity index (χ0v) is 19.2. The fraction of sp³-hybridized carbons (Fsp3) is 0.250. The molecule has 2 heterocycles. The zero-order chi connectivity index (χ0) is 23.2. The van der Waals surface area contributed by atoms with Gasteiger partial charge in [0.1, 0.15) is 23.1 Å². The summed E-state index contributed by atoms with van der Waals surface area (Å²) in [6, 6.07) is 17.6. The van der Waals surface area contributed by atoms with Crippen LogP contribution in [0.5, 0.6) is 11.5 Å². The third-order valence-electron chi connectivity index (χ3n) is 4.56. The number of benzene rings is 2. The number of amides is 1. The molecule has 33 heavy (non-hydrogen) atoms. The number of carbonyl (C=O) groups is 1. The molecule has 0 saturated heterocycles. The predicted molar refractivity (Wildman–Crippen MR) is 127 cm³/mol. The van der Waals surface area contributed by atoms with E-state index in [1.165, 1.54) is 21.9 Å². The fourth-order valence-electron chi connectivity index (χ4n) is 3.06. The van der Waals surface area contributed by atoms with Crippen LogP contribution < -0.4 is 20.3 Å². The standard InChI is InChI=1S/C24H24N4O4S/c1-16(2)12-22-27-28-23(30)13-18(26-24(28)33-22)14-31-20-10-8-17(9-11-20)25-21(29)15-32-19-6-4-3-5-7-19/h3-11,13,16H,12,14-15H2,1-2H3,(H,25,29). The van der Waals surface area contributed by atoms with Gasteiger partial charge in [-0.15, -0.1) is 0 Å². The molecule has 0 fully saturated rings. The zero-order valence-electron chi connectivity index (χ0n) is 18.4. The maximum Gasteiger partial charge on any atom is 0.275 e. The minimum atomic E-state index is -0.258. The highest BCUT2D eigenvalue weighted by Gasteiger charge is 2.11. The number of fused-ring (bicyclic) bond motifs is 1. The predicted octanol–water partition coefficient (Wildman–Crippen LogP) is 3.95. The lowest BCUT2D eigenvalue weighted by Gasteiger charge is -2.09. The molecule has 170 valence electrons. The second-order valence-corrected chi connectivity index (χ2v) is 8.88. The minimum Gasteiger partial charge on any atom is -0.487 e. The van der Waals surface area contributed by atoms with E-state index >= 15 is 0 Å². The Bertz CT molecular complexity index is 1280. The van der Waals surface area contributed by atoms with Crippen LogP contribution in [-0.4, -0.2) is 27.1 Å². The Labute approximate surface area is 194 Å². The van der Waals surface area contributed by atoms with Crippen LogP contribution in [0.3, 0.4) is 0 Å². The molecular formula is C24H24N4O4S. The molecule has 1 amide bonds. The highest BCUT2D eigenvalue weighted by molar-refractivity contribution is 7.16. The van der Waals surface area contributed by atoms with Crippen molar-refractivity contribution in [3.8, 4) is 11.5 Å². The Morgan fingerprint density at radius 2 is 1.79 bits per heavy atom. The van der Waals surface area contributed by atoms with E-state index in [0.717, 1.165) is 11.4 Å². The summed E-state index contributed by atoms with van der Waals surface area (Å²) in [6.07, 6.45) is 0.806. The molecule has 0 aliphatic rings. The van der Waals surface area contributed by atoms with Crippen molar-refractivity contribution in [1.82, 2.24) is 14.6 Å². The van der Waals surface area contributed by atoms with Crippen molar-refractivity contribution < 1.29 is 14.3 Å². The van der Waals surface area contributed by atoms with Gasteiger partial charge in [-0.1, -0.05) is 43.4 Å². The molecule has 0 spiro atoms. The summed E-state index contributed by atoms with van der Waals surface area (Å²) in [5, 5.41) is 8.01. The molecule has 2 aromatic heterocycles. The maximum atomic E-state index is 12.4. The molecule has 4 rings (SSSR count). The molecule has 8 nitrogen and oxygen atoms in total. The number of hydrogen-bond acceptors (Lipinski definition) is 7. The van der Waals surface area contributed by atoms with E-state index in [1.807, 2.05) is 18.2 Å². The fourth-order valence-corrected chi connectivity index (χ4v) is 4.19. The monoisotopic (exact) mass is 464 g/mol. The average Bonchev–Trinajstić information content (AvgIpc) is 3.20. The summed E-state index contributed by atoms with van der Waals surface area (Å²) in [4.78, 5) is 29.5. The Balaban J connectivity index is 1.32. The Morgan fingerprint density at radius 1 is 1.06 bits per heavy atom. The van der Waals surface area contributed by atoms with Crippen LogP contribution in [0.4, 0.5) is 5.69 Å². The molecule has 0 atom stereocenters. The first-order chi connectivity index (χ1) is 16.0. The number of nitrogens with zero attached hydrogens (tertiary/aromatic N) is 3. The smallest absolute Gasteiger partial charge is 0.275 e. The Morgan fingerprint density at radius 3 is 2.52 bits per heavy atom. The van der Waals surface area contributed by atoms with Crippen LogP contribution in [0.15, 0.2) is 65.5 Å². The van der Waals surface area contributed by atoms with Gasteiger partial charge in [0.05, 0.1) is 5.69 Å². The van der Waals surface area contributed by atoms with Crippen LogP contribution in [0, 0.1) is 5.92 Å². The van der Waals surface area contributed by atoms with Crippen LogP contribution in [0.1, 0.15) is 24.5 Å². The van der Waals surface area contributed by atoms with E-state index < -0.39 is 0 Å².